The van der Waals surface area contributed by atoms with Crippen molar-refractivity contribution in [3.63, 3.8) is 0 Å². The Balaban J connectivity index is 2.56. The van der Waals surface area contributed by atoms with Crippen LogP contribution in [0.2, 0.25) is 0 Å². The van der Waals surface area contributed by atoms with E-state index in [0.29, 0.717) is 19.3 Å². The maximum absolute atomic E-state index is 13.0. The van der Waals surface area contributed by atoms with E-state index in [0.717, 1.165) is 51.4 Å². The molecule has 1 saturated heterocycles. The summed E-state index contributed by atoms with van der Waals surface area (Å²) in [7, 11) is 0. The topological polar surface area (TPSA) is 189 Å². The Kier molecular flexibility index (Phi) is 28.4. The van der Waals surface area contributed by atoms with E-state index in [9.17, 15) is 40.5 Å². The number of unbranched alkanes of at least 4 members (excludes halogenated alkanes) is 18. The van der Waals surface area contributed by atoms with Crippen molar-refractivity contribution in [3.8, 4) is 0 Å². The first kappa shape index (κ1) is 46.9. The van der Waals surface area contributed by atoms with Gasteiger partial charge in [0.05, 0.1) is 25.4 Å². The highest BCUT2D eigenvalue weighted by Gasteiger charge is 2.44. The molecule has 0 aliphatic carbocycles. The minimum atomic E-state index is -1.66. The molecule has 1 rings (SSSR count). The van der Waals surface area contributed by atoms with Gasteiger partial charge in [-0.3, -0.25) is 4.79 Å². The molecule has 0 aromatic heterocycles. The second-order valence-electron chi connectivity index (χ2n) is 14.4. The Labute approximate surface area is 302 Å². The van der Waals surface area contributed by atoms with E-state index in [-0.39, 0.29) is 6.42 Å². The van der Waals surface area contributed by atoms with E-state index in [2.05, 4.69) is 31.3 Å². The van der Waals surface area contributed by atoms with Gasteiger partial charge in [-0.1, -0.05) is 142 Å². The summed E-state index contributed by atoms with van der Waals surface area (Å²) in [6.07, 6.45) is 17.0. The molecule has 0 spiro atoms. The summed E-state index contributed by atoms with van der Waals surface area (Å²) in [6, 6.07) is -1.17. The number of amides is 1. The Morgan fingerprint density at radius 2 is 1.18 bits per heavy atom. The summed E-state index contributed by atoms with van der Waals surface area (Å²) in [6.45, 7) is 3.35. The molecule has 11 nitrogen and oxygen atoms in total. The predicted octanol–water partition coefficient (Wildman–Crippen LogP) is 4.94. The molecule has 1 amide bonds. The van der Waals surface area contributed by atoms with Gasteiger partial charge >= 0.3 is 0 Å². The fraction of sp³-hybridized carbons (Fsp3) is 0.923. The van der Waals surface area contributed by atoms with Crippen LogP contribution in [0.1, 0.15) is 162 Å². The van der Waals surface area contributed by atoms with Gasteiger partial charge in [0.1, 0.15) is 36.6 Å². The van der Waals surface area contributed by atoms with Gasteiger partial charge in [-0.25, -0.2) is 0 Å². The van der Waals surface area contributed by atoms with Gasteiger partial charge in [-0.05, 0) is 32.1 Å². The van der Waals surface area contributed by atoms with Crippen molar-refractivity contribution in [2.24, 2.45) is 0 Å². The zero-order valence-electron chi connectivity index (χ0n) is 31.4. The Hall–Kier alpha value is -1.15. The van der Waals surface area contributed by atoms with Crippen molar-refractivity contribution in [1.82, 2.24) is 5.32 Å². The fourth-order valence-electron chi connectivity index (χ4n) is 6.36. The minimum absolute atomic E-state index is 0.246. The molecule has 8 N–H and O–H groups in total. The Morgan fingerprint density at radius 1 is 0.680 bits per heavy atom. The lowest BCUT2D eigenvalue weighted by molar-refractivity contribution is -0.303. The number of carbonyl (C=O) groups is 1. The lowest BCUT2D eigenvalue weighted by Gasteiger charge is -2.40. The second kappa shape index (κ2) is 30.3. The van der Waals surface area contributed by atoms with E-state index < -0.39 is 74.2 Å². The fourth-order valence-corrected chi connectivity index (χ4v) is 6.36. The number of aliphatic hydroxyl groups excluding tert-OH is 7. The number of carbonyl (C=O) groups excluding carboxylic acids is 1. The molecular weight excluding hydrogens is 642 g/mol. The number of rotatable bonds is 32. The van der Waals surface area contributed by atoms with Crippen molar-refractivity contribution in [2.75, 3.05) is 13.2 Å². The molecule has 1 heterocycles. The first-order valence-corrected chi connectivity index (χ1v) is 20.1. The first-order valence-electron chi connectivity index (χ1n) is 20.1. The van der Waals surface area contributed by atoms with Crippen LogP contribution in [-0.2, 0) is 14.3 Å². The van der Waals surface area contributed by atoms with Crippen LogP contribution in [0.5, 0.6) is 0 Å². The van der Waals surface area contributed by atoms with Gasteiger partial charge in [0.25, 0.3) is 0 Å². The molecule has 9 unspecified atom stereocenters. The number of hydrogen-bond donors (Lipinski definition) is 8. The molecule has 296 valence electrons. The maximum Gasteiger partial charge on any atom is 0.249 e. The van der Waals surface area contributed by atoms with Crippen LogP contribution in [0.15, 0.2) is 12.2 Å². The average molecular weight is 718 g/mol. The van der Waals surface area contributed by atoms with E-state index in [1.807, 2.05) is 0 Å². The molecule has 0 aromatic rings. The standard InChI is InChI=1S/C39H75NO10/c1-3-5-7-9-11-13-15-16-17-19-20-22-24-26-31(42)34(44)30(29-49-39-37(47)36(46)35(45)33(28-41)50-39)40-38(48)32(43)27-25-23-21-18-14-12-10-8-6-4-2/h10,12,30-37,39,41-47H,3-9,11,13-29H2,1-2H3,(H,40,48)/b12-10-. The van der Waals surface area contributed by atoms with E-state index in [1.165, 1.54) is 70.6 Å². The number of aliphatic hydroxyl groups is 7. The van der Waals surface area contributed by atoms with Gasteiger partial charge in [-0.2, -0.15) is 0 Å². The highest BCUT2D eigenvalue weighted by atomic mass is 16.7. The zero-order chi connectivity index (χ0) is 37.0. The lowest BCUT2D eigenvalue weighted by atomic mass is 9.98. The van der Waals surface area contributed by atoms with Crippen molar-refractivity contribution >= 4 is 5.91 Å². The van der Waals surface area contributed by atoms with Crippen LogP contribution in [0.4, 0.5) is 0 Å². The molecule has 1 fully saturated rings. The van der Waals surface area contributed by atoms with Gasteiger partial charge in [0.2, 0.25) is 5.91 Å². The molecule has 9 atom stereocenters. The van der Waals surface area contributed by atoms with Gasteiger partial charge in [0, 0.05) is 0 Å². The van der Waals surface area contributed by atoms with E-state index >= 15 is 0 Å². The summed E-state index contributed by atoms with van der Waals surface area (Å²) in [5.74, 6) is -0.710. The van der Waals surface area contributed by atoms with Crippen LogP contribution in [0, 0.1) is 0 Å². The summed E-state index contributed by atoms with van der Waals surface area (Å²) < 4.78 is 11.0. The molecule has 50 heavy (non-hydrogen) atoms. The quantitative estimate of drug-likeness (QED) is 0.0350. The molecule has 0 bridgehead atoms. The Morgan fingerprint density at radius 3 is 1.74 bits per heavy atom. The van der Waals surface area contributed by atoms with Crippen molar-refractivity contribution in [2.45, 2.75) is 217 Å². The van der Waals surface area contributed by atoms with Crippen molar-refractivity contribution in [1.29, 1.82) is 0 Å². The van der Waals surface area contributed by atoms with Crippen LogP contribution < -0.4 is 5.32 Å². The van der Waals surface area contributed by atoms with Crippen LogP contribution >= 0.6 is 0 Å². The van der Waals surface area contributed by atoms with Gasteiger partial charge in [-0.15, -0.1) is 0 Å². The molecule has 0 saturated carbocycles. The first-order chi connectivity index (χ1) is 24.2. The SMILES string of the molecule is CCCC/C=C\CCCCCCC(O)C(=O)NC(COC1OC(CO)C(O)C(O)C1O)C(O)C(O)CCCCCCCCCCCCCCC. The molecule has 1 aliphatic heterocycles. The largest absolute Gasteiger partial charge is 0.394 e. The van der Waals surface area contributed by atoms with Crippen LogP contribution in [0.3, 0.4) is 0 Å². The summed E-state index contributed by atoms with van der Waals surface area (Å²) in [5.41, 5.74) is 0. The molecule has 1 aliphatic rings. The molecule has 11 heteroatoms. The lowest BCUT2D eigenvalue weighted by Crippen LogP contribution is -2.60. The number of hydrogen-bond acceptors (Lipinski definition) is 10. The third kappa shape index (κ3) is 20.8. The third-order valence-electron chi connectivity index (χ3n) is 9.82. The third-order valence-corrected chi connectivity index (χ3v) is 9.82. The van der Waals surface area contributed by atoms with Gasteiger partial charge in [0.15, 0.2) is 6.29 Å². The number of allylic oxidation sites excluding steroid dienone is 2. The molecule has 0 radical (unpaired) electrons. The number of nitrogens with one attached hydrogen (secondary N) is 1. The van der Waals surface area contributed by atoms with Gasteiger partial charge < -0.3 is 50.5 Å². The Bertz CT molecular complexity index is 831. The monoisotopic (exact) mass is 718 g/mol. The van der Waals surface area contributed by atoms with E-state index in [4.69, 9.17) is 9.47 Å². The molecule has 0 aromatic carbocycles. The minimum Gasteiger partial charge on any atom is -0.394 e. The summed E-state index contributed by atoms with van der Waals surface area (Å²) >= 11 is 0. The summed E-state index contributed by atoms with van der Waals surface area (Å²) in [4.78, 5) is 13.0. The second-order valence-corrected chi connectivity index (χ2v) is 14.4. The van der Waals surface area contributed by atoms with Crippen molar-refractivity contribution in [3.05, 3.63) is 12.2 Å². The van der Waals surface area contributed by atoms with Crippen LogP contribution in [0.25, 0.3) is 0 Å². The average Bonchev–Trinajstić information content (AvgIpc) is 3.11. The number of ether oxygens (including phenoxy) is 2. The summed E-state index contributed by atoms with van der Waals surface area (Å²) in [5, 5.41) is 75.2. The maximum atomic E-state index is 13.0. The zero-order valence-corrected chi connectivity index (χ0v) is 31.4. The normalized spacial score (nSPS) is 23.6. The van der Waals surface area contributed by atoms with Crippen LogP contribution in [-0.4, -0.2) is 110 Å². The molecular formula is C39H75NO10. The van der Waals surface area contributed by atoms with E-state index in [1.54, 1.807) is 0 Å². The smallest absolute Gasteiger partial charge is 0.249 e. The highest BCUT2D eigenvalue weighted by molar-refractivity contribution is 5.80. The highest BCUT2D eigenvalue weighted by Crippen LogP contribution is 2.23. The van der Waals surface area contributed by atoms with Crippen molar-refractivity contribution < 1.29 is 50.0 Å². The predicted molar refractivity (Wildman–Crippen MR) is 196 cm³/mol.